The number of ether oxygens (including phenoxy) is 5. The summed E-state index contributed by atoms with van der Waals surface area (Å²) in [5.41, 5.74) is 1.17. The number of rotatable bonds is 5. The summed E-state index contributed by atoms with van der Waals surface area (Å²) >= 11 is 3.44. The number of benzene rings is 2. The Labute approximate surface area is 153 Å². The molecule has 0 bridgehead atoms. The highest BCUT2D eigenvalue weighted by molar-refractivity contribution is 9.10. The summed E-state index contributed by atoms with van der Waals surface area (Å²) in [6, 6.07) is 8.52. The van der Waals surface area contributed by atoms with Crippen molar-refractivity contribution < 1.29 is 28.5 Å². The van der Waals surface area contributed by atoms with Crippen LogP contribution in [0.5, 0.6) is 23.0 Å². The van der Waals surface area contributed by atoms with E-state index in [0.717, 1.165) is 10.0 Å². The van der Waals surface area contributed by atoms with Crippen molar-refractivity contribution in [2.75, 3.05) is 27.4 Å². The van der Waals surface area contributed by atoms with E-state index in [0.29, 0.717) is 41.8 Å². The smallest absolute Gasteiger partial charge is 0.338 e. The van der Waals surface area contributed by atoms with E-state index < -0.39 is 5.97 Å². The molecule has 132 valence electrons. The van der Waals surface area contributed by atoms with Gasteiger partial charge in [-0.15, -0.1) is 0 Å². The van der Waals surface area contributed by atoms with Crippen LogP contribution in [0.4, 0.5) is 0 Å². The van der Waals surface area contributed by atoms with Crippen molar-refractivity contribution in [3.8, 4) is 23.0 Å². The van der Waals surface area contributed by atoms with Gasteiger partial charge in [0, 0.05) is 10.0 Å². The fraction of sp³-hybridized carbons (Fsp3) is 0.278. The molecule has 3 rings (SSSR count). The maximum absolute atomic E-state index is 12.3. The first kappa shape index (κ1) is 17.4. The molecule has 25 heavy (non-hydrogen) atoms. The van der Waals surface area contributed by atoms with Crippen molar-refractivity contribution >= 4 is 21.9 Å². The highest BCUT2D eigenvalue weighted by atomic mass is 79.9. The lowest BCUT2D eigenvalue weighted by Crippen LogP contribution is -2.16. The molecule has 0 aromatic heterocycles. The van der Waals surface area contributed by atoms with Gasteiger partial charge in [-0.05, 0) is 30.3 Å². The number of esters is 1. The summed E-state index contributed by atoms with van der Waals surface area (Å²) in [5, 5.41) is 0. The van der Waals surface area contributed by atoms with Crippen LogP contribution in [0.3, 0.4) is 0 Å². The first-order chi connectivity index (χ1) is 12.1. The third-order valence-corrected chi connectivity index (χ3v) is 4.43. The zero-order valence-corrected chi connectivity index (χ0v) is 15.4. The van der Waals surface area contributed by atoms with Gasteiger partial charge in [-0.3, -0.25) is 0 Å². The predicted molar refractivity (Wildman–Crippen MR) is 93.8 cm³/mol. The minimum Gasteiger partial charge on any atom is -0.493 e. The van der Waals surface area contributed by atoms with Crippen molar-refractivity contribution in [3.63, 3.8) is 0 Å². The highest BCUT2D eigenvalue weighted by Gasteiger charge is 2.17. The molecule has 0 atom stereocenters. The minimum absolute atomic E-state index is 0.0915. The molecule has 0 fully saturated rings. The quantitative estimate of drug-likeness (QED) is 0.704. The Kier molecular flexibility index (Phi) is 5.33. The van der Waals surface area contributed by atoms with E-state index >= 15 is 0 Å². The van der Waals surface area contributed by atoms with Gasteiger partial charge in [0.05, 0.1) is 19.8 Å². The van der Waals surface area contributed by atoms with Gasteiger partial charge in [-0.25, -0.2) is 4.79 Å². The van der Waals surface area contributed by atoms with Crippen molar-refractivity contribution in [2.45, 2.75) is 6.61 Å². The lowest BCUT2D eigenvalue weighted by Gasteiger charge is -2.18. The normalized spacial score (nSPS) is 12.4. The third kappa shape index (κ3) is 3.82. The number of fused-ring (bicyclic) bond motifs is 1. The Balaban J connectivity index is 1.72. The van der Waals surface area contributed by atoms with Gasteiger partial charge in [-0.1, -0.05) is 15.9 Å². The number of methoxy groups -OCH3 is 2. The second-order valence-electron chi connectivity index (χ2n) is 5.23. The number of hydrogen-bond donors (Lipinski definition) is 0. The number of carbonyl (C=O) groups is 1. The van der Waals surface area contributed by atoms with Gasteiger partial charge in [0.25, 0.3) is 0 Å². The molecule has 0 radical (unpaired) electrons. The Morgan fingerprint density at radius 1 is 1.04 bits per heavy atom. The van der Waals surface area contributed by atoms with Crippen LogP contribution in [0.15, 0.2) is 34.8 Å². The fourth-order valence-electron chi connectivity index (χ4n) is 2.40. The molecule has 6 nitrogen and oxygen atoms in total. The molecule has 0 saturated carbocycles. The maximum atomic E-state index is 12.3. The summed E-state index contributed by atoms with van der Waals surface area (Å²) < 4.78 is 27.6. The highest BCUT2D eigenvalue weighted by Crippen LogP contribution is 2.34. The van der Waals surface area contributed by atoms with Gasteiger partial charge in [0.2, 0.25) is 0 Å². The average Bonchev–Trinajstić information content (AvgIpc) is 2.66. The van der Waals surface area contributed by atoms with Gasteiger partial charge >= 0.3 is 5.97 Å². The van der Waals surface area contributed by atoms with E-state index in [1.54, 1.807) is 44.6 Å². The molecule has 0 saturated heterocycles. The molecule has 1 aliphatic rings. The minimum atomic E-state index is -0.446. The SMILES string of the molecule is COc1cc(Br)c(COC(=O)c2ccc3c(c2)OCCO3)cc1OC. The molecule has 0 amide bonds. The molecule has 0 spiro atoms. The Hall–Kier alpha value is -2.41. The second kappa shape index (κ2) is 7.65. The summed E-state index contributed by atoms with van der Waals surface area (Å²) in [6.07, 6.45) is 0. The van der Waals surface area contributed by atoms with Crippen LogP contribution in [0.25, 0.3) is 0 Å². The van der Waals surface area contributed by atoms with Crippen LogP contribution in [-0.2, 0) is 11.3 Å². The summed E-state index contributed by atoms with van der Waals surface area (Å²) in [4.78, 5) is 12.3. The number of hydrogen-bond acceptors (Lipinski definition) is 6. The Morgan fingerprint density at radius 2 is 1.72 bits per heavy atom. The van der Waals surface area contributed by atoms with Gasteiger partial charge in [-0.2, -0.15) is 0 Å². The maximum Gasteiger partial charge on any atom is 0.338 e. The van der Waals surface area contributed by atoms with Crippen molar-refractivity contribution in [2.24, 2.45) is 0 Å². The van der Waals surface area contributed by atoms with Gasteiger partial charge in [0.15, 0.2) is 23.0 Å². The van der Waals surface area contributed by atoms with Crippen LogP contribution in [0.1, 0.15) is 15.9 Å². The molecule has 0 N–H and O–H groups in total. The van der Waals surface area contributed by atoms with E-state index in [1.807, 2.05) is 0 Å². The van der Waals surface area contributed by atoms with Crippen LogP contribution in [-0.4, -0.2) is 33.4 Å². The first-order valence-electron chi connectivity index (χ1n) is 7.59. The molecule has 1 heterocycles. The molecule has 2 aromatic rings. The van der Waals surface area contributed by atoms with Crippen molar-refractivity contribution in [3.05, 3.63) is 45.9 Å². The Bertz CT molecular complexity index is 789. The first-order valence-corrected chi connectivity index (χ1v) is 8.39. The fourth-order valence-corrected chi connectivity index (χ4v) is 2.84. The number of carbonyl (C=O) groups excluding carboxylic acids is 1. The lowest BCUT2D eigenvalue weighted by atomic mass is 10.2. The van der Waals surface area contributed by atoms with Gasteiger partial charge < -0.3 is 23.7 Å². The van der Waals surface area contributed by atoms with Crippen LogP contribution in [0, 0.1) is 0 Å². The topological polar surface area (TPSA) is 63.2 Å². The largest absolute Gasteiger partial charge is 0.493 e. The molecule has 0 unspecified atom stereocenters. The molecule has 0 aliphatic carbocycles. The zero-order valence-electron chi connectivity index (χ0n) is 13.8. The molecule has 2 aromatic carbocycles. The molecular formula is C18H17BrO6. The lowest BCUT2D eigenvalue weighted by molar-refractivity contribution is 0.0470. The summed E-state index contributed by atoms with van der Waals surface area (Å²) in [5.74, 6) is 1.89. The third-order valence-electron chi connectivity index (χ3n) is 3.69. The van der Waals surface area contributed by atoms with E-state index in [1.165, 1.54) is 0 Å². The molecule has 1 aliphatic heterocycles. The average molecular weight is 409 g/mol. The van der Waals surface area contributed by atoms with E-state index in [-0.39, 0.29) is 6.61 Å². The van der Waals surface area contributed by atoms with E-state index in [2.05, 4.69) is 15.9 Å². The molecular weight excluding hydrogens is 392 g/mol. The monoisotopic (exact) mass is 408 g/mol. The van der Waals surface area contributed by atoms with Crippen molar-refractivity contribution in [1.29, 1.82) is 0 Å². The summed E-state index contributed by atoms with van der Waals surface area (Å²) in [6.45, 7) is 1.06. The van der Waals surface area contributed by atoms with Crippen LogP contribution < -0.4 is 18.9 Å². The zero-order chi connectivity index (χ0) is 17.8. The predicted octanol–water partition coefficient (Wildman–Crippen LogP) is 3.59. The van der Waals surface area contributed by atoms with E-state index in [4.69, 9.17) is 23.7 Å². The van der Waals surface area contributed by atoms with E-state index in [9.17, 15) is 4.79 Å². The van der Waals surface area contributed by atoms with Crippen molar-refractivity contribution in [1.82, 2.24) is 0 Å². The standard InChI is InChI=1S/C18H17BrO6/c1-21-15-8-12(13(19)9-16(15)22-2)10-25-18(20)11-3-4-14-17(7-11)24-6-5-23-14/h3-4,7-9H,5-6,10H2,1-2H3. The van der Waals surface area contributed by atoms with Gasteiger partial charge in [0.1, 0.15) is 19.8 Å². The summed E-state index contributed by atoms with van der Waals surface area (Å²) in [7, 11) is 3.11. The van der Waals surface area contributed by atoms with Crippen LogP contribution in [0.2, 0.25) is 0 Å². The molecule has 7 heteroatoms. The number of halogens is 1. The Morgan fingerprint density at radius 3 is 2.44 bits per heavy atom. The second-order valence-corrected chi connectivity index (χ2v) is 6.09. The van der Waals surface area contributed by atoms with Crippen LogP contribution >= 0.6 is 15.9 Å².